The number of aromatic hydroxyl groups is 1. The van der Waals surface area contributed by atoms with Gasteiger partial charge in [0.1, 0.15) is 0 Å². The average Bonchev–Trinajstić information content (AvgIpc) is 2.63. The van der Waals surface area contributed by atoms with Crippen LogP contribution in [0.3, 0.4) is 0 Å². The lowest BCUT2D eigenvalue weighted by molar-refractivity contribution is 0.275. The van der Waals surface area contributed by atoms with E-state index in [4.69, 9.17) is 10.5 Å². The summed E-state index contributed by atoms with van der Waals surface area (Å²) < 4.78 is 5.32. The Morgan fingerprint density at radius 1 is 1.15 bits per heavy atom. The molecule has 0 aliphatic carbocycles. The Bertz CT molecular complexity index is 677. The van der Waals surface area contributed by atoms with Crippen molar-refractivity contribution in [2.75, 3.05) is 26.7 Å². The topological polar surface area (TPSA) is 58.7 Å². The lowest BCUT2D eigenvalue weighted by Crippen LogP contribution is -2.31. The number of benzene rings is 2. The van der Waals surface area contributed by atoms with Crippen molar-refractivity contribution < 1.29 is 9.84 Å². The minimum Gasteiger partial charge on any atom is -0.504 e. The molecule has 4 nitrogen and oxygen atoms in total. The molecule has 0 amide bonds. The number of hydrogen-bond donors (Lipinski definition) is 2. The third kappa shape index (κ3) is 6.37. The summed E-state index contributed by atoms with van der Waals surface area (Å²) in [5.41, 5.74) is 9.05. The summed E-state index contributed by atoms with van der Waals surface area (Å²) in [6.07, 6.45) is 3.37. The summed E-state index contributed by atoms with van der Waals surface area (Å²) in [5.74, 6) is 0.700. The van der Waals surface area contributed by atoms with Gasteiger partial charge in [-0.05, 0) is 30.0 Å². The number of nitrogens with two attached hydrogens (primary N) is 1. The van der Waals surface area contributed by atoms with E-state index in [1.54, 1.807) is 13.2 Å². The number of rotatable bonds is 10. The van der Waals surface area contributed by atoms with Crippen LogP contribution in [0.15, 0.2) is 55.1 Å². The molecule has 0 unspecified atom stereocenters. The molecule has 2 aromatic carbocycles. The molecular formula is C21H29ClN2O2. The number of hydrogen-bond acceptors (Lipinski definition) is 4. The molecule has 0 aliphatic heterocycles. The zero-order valence-corrected chi connectivity index (χ0v) is 16.2. The number of allylic oxidation sites excluding steroid dienone is 1. The highest BCUT2D eigenvalue weighted by Crippen LogP contribution is 2.32. The van der Waals surface area contributed by atoms with Gasteiger partial charge in [0, 0.05) is 31.7 Å². The molecule has 0 saturated heterocycles. The van der Waals surface area contributed by atoms with E-state index in [1.807, 2.05) is 18.2 Å². The zero-order valence-electron chi connectivity index (χ0n) is 15.4. The van der Waals surface area contributed by atoms with Crippen molar-refractivity contribution >= 4 is 12.4 Å². The van der Waals surface area contributed by atoms with Gasteiger partial charge in [-0.1, -0.05) is 42.5 Å². The smallest absolute Gasteiger partial charge is 0.161 e. The van der Waals surface area contributed by atoms with Crippen LogP contribution >= 0.6 is 12.4 Å². The van der Waals surface area contributed by atoms with E-state index in [0.717, 1.165) is 37.2 Å². The van der Waals surface area contributed by atoms with E-state index < -0.39 is 0 Å². The van der Waals surface area contributed by atoms with Gasteiger partial charge < -0.3 is 15.6 Å². The molecule has 26 heavy (non-hydrogen) atoms. The molecule has 0 aromatic heterocycles. The monoisotopic (exact) mass is 376 g/mol. The van der Waals surface area contributed by atoms with E-state index >= 15 is 0 Å². The predicted octanol–water partition coefficient (Wildman–Crippen LogP) is 3.55. The summed E-state index contributed by atoms with van der Waals surface area (Å²) in [6.45, 7) is 6.90. The van der Waals surface area contributed by atoms with Crippen LogP contribution in [-0.2, 0) is 19.4 Å². The number of ether oxygens (including phenoxy) is 1. The zero-order chi connectivity index (χ0) is 18.1. The van der Waals surface area contributed by atoms with Gasteiger partial charge in [0.15, 0.2) is 11.5 Å². The second-order valence-corrected chi connectivity index (χ2v) is 6.10. The van der Waals surface area contributed by atoms with Gasteiger partial charge in [0.05, 0.1) is 7.11 Å². The van der Waals surface area contributed by atoms with Crippen LogP contribution in [0, 0.1) is 0 Å². The fourth-order valence-corrected chi connectivity index (χ4v) is 2.93. The number of halogens is 1. The quantitative estimate of drug-likeness (QED) is 0.622. The molecule has 0 spiro atoms. The van der Waals surface area contributed by atoms with E-state index in [-0.39, 0.29) is 18.2 Å². The number of phenols is 1. The highest BCUT2D eigenvalue weighted by atomic mass is 35.5. The van der Waals surface area contributed by atoms with Crippen molar-refractivity contribution in [2.24, 2.45) is 5.73 Å². The Labute approximate surface area is 162 Å². The Balaban J connectivity index is 0.00000338. The lowest BCUT2D eigenvalue weighted by Gasteiger charge is -2.22. The Hall–Kier alpha value is -2.01. The molecule has 5 heteroatoms. The minimum absolute atomic E-state index is 0. The Morgan fingerprint density at radius 3 is 2.50 bits per heavy atom. The maximum atomic E-state index is 10.2. The third-order valence-corrected chi connectivity index (χ3v) is 4.21. The Kier molecular flexibility index (Phi) is 9.81. The van der Waals surface area contributed by atoms with Crippen molar-refractivity contribution in [1.29, 1.82) is 0 Å². The van der Waals surface area contributed by atoms with Crippen molar-refractivity contribution in [3.8, 4) is 11.5 Å². The fraction of sp³-hybridized carbons (Fsp3) is 0.333. The van der Waals surface area contributed by atoms with Gasteiger partial charge >= 0.3 is 0 Å². The molecular weight excluding hydrogens is 348 g/mol. The molecule has 0 atom stereocenters. The predicted molar refractivity (Wildman–Crippen MR) is 110 cm³/mol. The molecule has 0 bridgehead atoms. The highest BCUT2D eigenvalue weighted by Gasteiger charge is 2.12. The largest absolute Gasteiger partial charge is 0.504 e. The lowest BCUT2D eigenvalue weighted by atomic mass is 10.0. The van der Waals surface area contributed by atoms with Crippen LogP contribution in [0.5, 0.6) is 11.5 Å². The van der Waals surface area contributed by atoms with Gasteiger partial charge in [-0.2, -0.15) is 0 Å². The average molecular weight is 377 g/mol. The standard InChI is InChI=1S/C21H28N2O2.ClH/c1-3-7-19-14-18(15-20(25-2)21(19)24)16-23(13-11-22)12-10-17-8-5-4-6-9-17;/h3-6,8-9,14-15,24H,1,7,10-13,16,22H2,2H3;1H. The molecule has 0 heterocycles. The van der Waals surface area contributed by atoms with Crippen LogP contribution < -0.4 is 10.5 Å². The first-order valence-electron chi connectivity index (χ1n) is 8.64. The summed E-state index contributed by atoms with van der Waals surface area (Å²) >= 11 is 0. The molecule has 2 rings (SSSR count). The SMILES string of the molecule is C=CCc1cc(CN(CCN)CCc2ccccc2)cc(OC)c1O.Cl. The van der Waals surface area contributed by atoms with Crippen molar-refractivity contribution in [3.05, 3.63) is 71.8 Å². The summed E-state index contributed by atoms with van der Waals surface area (Å²) in [5, 5.41) is 10.2. The van der Waals surface area contributed by atoms with E-state index in [1.165, 1.54) is 5.56 Å². The molecule has 0 aliphatic rings. The number of nitrogens with zero attached hydrogens (tertiary/aromatic N) is 1. The molecule has 142 valence electrons. The number of methoxy groups -OCH3 is 1. The summed E-state index contributed by atoms with van der Waals surface area (Å²) in [7, 11) is 1.57. The molecule has 0 saturated carbocycles. The maximum Gasteiger partial charge on any atom is 0.161 e. The van der Waals surface area contributed by atoms with Crippen molar-refractivity contribution in [2.45, 2.75) is 19.4 Å². The molecule has 0 fully saturated rings. The first-order valence-corrected chi connectivity index (χ1v) is 8.64. The van der Waals surface area contributed by atoms with Crippen LogP contribution in [0.2, 0.25) is 0 Å². The third-order valence-electron chi connectivity index (χ3n) is 4.21. The van der Waals surface area contributed by atoms with Crippen LogP contribution in [0.4, 0.5) is 0 Å². The van der Waals surface area contributed by atoms with E-state index in [2.05, 4.69) is 35.7 Å². The van der Waals surface area contributed by atoms with Gasteiger partial charge in [-0.25, -0.2) is 0 Å². The summed E-state index contributed by atoms with van der Waals surface area (Å²) in [6, 6.07) is 14.4. The minimum atomic E-state index is 0. The molecule has 3 N–H and O–H groups in total. The van der Waals surface area contributed by atoms with Crippen LogP contribution in [0.25, 0.3) is 0 Å². The first-order chi connectivity index (χ1) is 12.2. The van der Waals surface area contributed by atoms with Gasteiger partial charge in [-0.3, -0.25) is 4.90 Å². The second-order valence-electron chi connectivity index (χ2n) is 6.10. The highest BCUT2D eigenvalue weighted by molar-refractivity contribution is 5.85. The van der Waals surface area contributed by atoms with Crippen molar-refractivity contribution in [3.63, 3.8) is 0 Å². The van der Waals surface area contributed by atoms with Gasteiger partial charge in [0.2, 0.25) is 0 Å². The van der Waals surface area contributed by atoms with Gasteiger partial charge in [0.25, 0.3) is 0 Å². The van der Waals surface area contributed by atoms with Crippen molar-refractivity contribution in [1.82, 2.24) is 4.90 Å². The van der Waals surface area contributed by atoms with E-state index in [0.29, 0.717) is 18.7 Å². The Morgan fingerprint density at radius 2 is 1.88 bits per heavy atom. The summed E-state index contributed by atoms with van der Waals surface area (Å²) in [4.78, 5) is 2.33. The fourth-order valence-electron chi connectivity index (χ4n) is 2.93. The van der Waals surface area contributed by atoms with Crippen LogP contribution in [-0.4, -0.2) is 36.8 Å². The molecule has 0 radical (unpaired) electrons. The second kappa shape index (κ2) is 11.6. The van der Waals surface area contributed by atoms with E-state index in [9.17, 15) is 5.11 Å². The normalized spacial score (nSPS) is 10.4. The number of phenolic OH excluding ortho intramolecular Hbond substituents is 1. The van der Waals surface area contributed by atoms with Gasteiger partial charge in [-0.15, -0.1) is 19.0 Å². The first kappa shape index (κ1) is 22.0. The van der Waals surface area contributed by atoms with Crippen LogP contribution in [0.1, 0.15) is 16.7 Å². The molecule has 2 aromatic rings. The maximum absolute atomic E-state index is 10.2.